The molecule has 2 aromatic rings. The van der Waals surface area contributed by atoms with Crippen LogP contribution < -0.4 is 5.32 Å². The number of carbonyl (C=O) groups is 2. The minimum atomic E-state index is -3.06. The zero-order chi connectivity index (χ0) is 22.1. The van der Waals surface area contributed by atoms with Crippen molar-refractivity contribution in [2.75, 3.05) is 11.9 Å². The summed E-state index contributed by atoms with van der Waals surface area (Å²) in [5, 5.41) is 4.56. The molecule has 1 N–H and O–H groups in total. The van der Waals surface area contributed by atoms with Crippen molar-refractivity contribution in [3.05, 3.63) is 62.4 Å². The van der Waals surface area contributed by atoms with Gasteiger partial charge < -0.3 is 10.2 Å². The molecule has 2 amide bonds. The summed E-state index contributed by atoms with van der Waals surface area (Å²) in [6, 6.07) is 4.48. The number of rotatable bonds is 5. The fourth-order valence-corrected chi connectivity index (χ4v) is 4.69. The van der Waals surface area contributed by atoms with Crippen LogP contribution in [0.2, 0.25) is 0 Å². The highest BCUT2D eigenvalue weighted by Gasteiger charge is 2.28. The van der Waals surface area contributed by atoms with Gasteiger partial charge >= 0.3 is 0 Å². The third-order valence-corrected chi connectivity index (χ3v) is 6.64. The Morgan fingerprint density at radius 1 is 1.33 bits per heavy atom. The van der Waals surface area contributed by atoms with Gasteiger partial charge in [0.2, 0.25) is 5.91 Å². The Balaban J connectivity index is 1.81. The van der Waals surface area contributed by atoms with Crippen LogP contribution in [0.4, 0.5) is 14.5 Å². The van der Waals surface area contributed by atoms with E-state index in [1.165, 1.54) is 32.7 Å². The topological polar surface area (TPSA) is 49.4 Å². The normalized spacial score (nSPS) is 14.5. The Bertz CT molecular complexity index is 1010. The molecule has 1 aliphatic rings. The van der Waals surface area contributed by atoms with E-state index in [1.807, 2.05) is 13.8 Å². The van der Waals surface area contributed by atoms with Crippen molar-refractivity contribution in [2.45, 2.75) is 45.8 Å². The summed E-state index contributed by atoms with van der Waals surface area (Å²) in [6.45, 7) is 6.53. The van der Waals surface area contributed by atoms with E-state index in [4.69, 9.17) is 0 Å². The maximum absolute atomic E-state index is 13.8. The minimum absolute atomic E-state index is 0.00447. The molecule has 160 valence electrons. The molecular formula is C22H25F2N2O2PS. The minimum Gasteiger partial charge on any atom is -0.333 e. The van der Waals surface area contributed by atoms with Crippen molar-refractivity contribution in [3.8, 4) is 0 Å². The van der Waals surface area contributed by atoms with Crippen molar-refractivity contribution in [2.24, 2.45) is 0 Å². The first kappa shape index (κ1) is 22.6. The van der Waals surface area contributed by atoms with E-state index in [2.05, 4.69) is 5.32 Å². The van der Waals surface area contributed by atoms with E-state index in [9.17, 15) is 18.4 Å². The van der Waals surface area contributed by atoms with Gasteiger partial charge in [-0.3, -0.25) is 9.59 Å². The van der Waals surface area contributed by atoms with Crippen LogP contribution in [-0.4, -0.2) is 23.3 Å². The number of nitrogens with zero attached hydrogens (tertiary/aromatic N) is 1. The van der Waals surface area contributed by atoms with Gasteiger partial charge in [0.15, 0.2) is 0 Å². The molecule has 0 bridgehead atoms. The lowest BCUT2D eigenvalue weighted by atomic mass is 10.0. The predicted molar refractivity (Wildman–Crippen MR) is 120 cm³/mol. The van der Waals surface area contributed by atoms with E-state index in [0.717, 1.165) is 16.0 Å². The Kier molecular flexibility index (Phi) is 6.73. The second-order valence-corrected chi connectivity index (χ2v) is 9.04. The average Bonchev–Trinajstić information content (AvgIpc) is 3.15. The van der Waals surface area contributed by atoms with Gasteiger partial charge in [-0.2, -0.15) is 8.78 Å². The van der Waals surface area contributed by atoms with Crippen LogP contribution in [0, 0.1) is 0 Å². The van der Waals surface area contributed by atoms with Gasteiger partial charge in [-0.1, -0.05) is 22.2 Å². The number of amides is 2. The van der Waals surface area contributed by atoms with Crippen LogP contribution >= 0.6 is 20.6 Å². The SMILES string of the molecule is C/C=C(\C)C(=O)N1CCc2c(C(=O)Nc3cc(CC)cc(C(F)(F)P)c3)csc2C1. The van der Waals surface area contributed by atoms with Crippen LogP contribution in [0.15, 0.2) is 35.2 Å². The van der Waals surface area contributed by atoms with Crippen molar-refractivity contribution in [3.63, 3.8) is 0 Å². The number of alkyl halides is 2. The second-order valence-electron chi connectivity index (χ2n) is 7.35. The van der Waals surface area contributed by atoms with Crippen LogP contribution in [-0.2, 0) is 29.8 Å². The molecule has 0 aliphatic carbocycles. The Morgan fingerprint density at radius 3 is 2.70 bits per heavy atom. The summed E-state index contributed by atoms with van der Waals surface area (Å²) in [6.07, 6.45) is 2.97. The van der Waals surface area contributed by atoms with Gasteiger partial charge in [-0.25, -0.2) is 0 Å². The van der Waals surface area contributed by atoms with Gasteiger partial charge in [-0.15, -0.1) is 11.3 Å². The van der Waals surface area contributed by atoms with Crippen LogP contribution in [0.5, 0.6) is 0 Å². The van der Waals surface area contributed by atoms with Gasteiger partial charge in [0.1, 0.15) is 0 Å². The summed E-state index contributed by atoms with van der Waals surface area (Å²) in [7, 11) is 1.54. The number of thiophene rings is 1. The number of hydrogen-bond acceptors (Lipinski definition) is 3. The zero-order valence-corrected chi connectivity index (χ0v) is 19.2. The number of hydrogen-bond donors (Lipinski definition) is 1. The smallest absolute Gasteiger partial charge is 0.283 e. The molecule has 8 heteroatoms. The summed E-state index contributed by atoms with van der Waals surface area (Å²) in [5.74, 6) is -0.312. The highest BCUT2D eigenvalue weighted by molar-refractivity contribution is 7.17. The summed E-state index contributed by atoms with van der Waals surface area (Å²) in [4.78, 5) is 28.1. The summed E-state index contributed by atoms with van der Waals surface area (Å²) in [5.41, 5.74) is 0.0497. The lowest BCUT2D eigenvalue weighted by Crippen LogP contribution is -2.36. The van der Waals surface area contributed by atoms with Crippen molar-refractivity contribution in [1.82, 2.24) is 4.90 Å². The molecule has 0 radical (unpaired) electrons. The van der Waals surface area contributed by atoms with E-state index >= 15 is 0 Å². The van der Waals surface area contributed by atoms with E-state index in [1.54, 1.807) is 29.3 Å². The van der Waals surface area contributed by atoms with Gasteiger partial charge in [0.05, 0.1) is 12.1 Å². The molecule has 2 heterocycles. The fraction of sp³-hybridized carbons (Fsp3) is 0.364. The maximum atomic E-state index is 13.8. The molecule has 0 saturated heterocycles. The monoisotopic (exact) mass is 450 g/mol. The Hall–Kier alpha value is -2.11. The third-order valence-electron chi connectivity index (χ3n) is 5.29. The molecule has 0 spiro atoms. The molecular weight excluding hydrogens is 425 g/mol. The lowest BCUT2D eigenvalue weighted by molar-refractivity contribution is -0.127. The second kappa shape index (κ2) is 8.94. The fourth-order valence-electron chi connectivity index (χ4n) is 3.42. The van der Waals surface area contributed by atoms with Crippen LogP contribution in [0.25, 0.3) is 0 Å². The van der Waals surface area contributed by atoms with Crippen molar-refractivity contribution >= 4 is 38.1 Å². The standard InChI is InChI=1S/C22H25F2N2O2PS/c1-4-13(3)21(28)26-7-6-17-18(12-30-19(17)11-26)20(27)25-16-9-14(5-2)8-15(10-16)22(23,24)29/h4,8-10,12H,5-7,11,29H2,1-3H3,(H,25,27)/b13-4+. The van der Waals surface area contributed by atoms with Gasteiger partial charge in [0.25, 0.3) is 11.6 Å². The van der Waals surface area contributed by atoms with Crippen molar-refractivity contribution < 1.29 is 18.4 Å². The van der Waals surface area contributed by atoms with E-state index in [0.29, 0.717) is 42.8 Å². The van der Waals surface area contributed by atoms with Crippen LogP contribution in [0.3, 0.4) is 0 Å². The predicted octanol–water partition coefficient (Wildman–Crippen LogP) is 5.34. The number of anilines is 1. The van der Waals surface area contributed by atoms with Crippen LogP contribution in [0.1, 0.15) is 52.7 Å². The molecule has 4 nitrogen and oxygen atoms in total. The molecule has 1 aliphatic heterocycles. The van der Waals surface area contributed by atoms with Gasteiger partial charge in [0, 0.05) is 33.6 Å². The molecule has 30 heavy (non-hydrogen) atoms. The summed E-state index contributed by atoms with van der Waals surface area (Å²) >= 11 is 1.45. The number of halogens is 2. The number of aryl methyl sites for hydroxylation is 1. The molecule has 1 atom stereocenters. The highest BCUT2D eigenvalue weighted by atomic mass is 32.1. The quantitative estimate of drug-likeness (QED) is 0.494. The number of carbonyl (C=O) groups excluding carboxylic acids is 2. The first-order valence-electron chi connectivity index (χ1n) is 9.78. The first-order chi connectivity index (χ1) is 14.1. The number of fused-ring (bicyclic) bond motifs is 1. The number of benzene rings is 1. The highest BCUT2D eigenvalue weighted by Crippen LogP contribution is 2.37. The molecule has 3 rings (SSSR count). The van der Waals surface area contributed by atoms with Gasteiger partial charge in [-0.05, 0) is 56.0 Å². The Labute approximate surface area is 181 Å². The number of nitrogens with one attached hydrogen (secondary N) is 1. The molecule has 0 fully saturated rings. The molecule has 1 unspecified atom stereocenters. The Morgan fingerprint density at radius 2 is 2.07 bits per heavy atom. The summed E-state index contributed by atoms with van der Waals surface area (Å²) < 4.78 is 27.6. The molecule has 1 aromatic carbocycles. The largest absolute Gasteiger partial charge is 0.333 e. The molecule has 1 aromatic heterocycles. The zero-order valence-electron chi connectivity index (χ0n) is 17.2. The lowest BCUT2D eigenvalue weighted by Gasteiger charge is -2.27. The first-order valence-corrected chi connectivity index (χ1v) is 11.2. The molecule has 0 saturated carbocycles. The maximum Gasteiger partial charge on any atom is 0.283 e. The number of allylic oxidation sites excluding steroid dienone is 1. The third kappa shape index (κ3) is 4.79. The average molecular weight is 450 g/mol. The van der Waals surface area contributed by atoms with E-state index in [-0.39, 0.29) is 17.4 Å². The van der Waals surface area contributed by atoms with E-state index < -0.39 is 5.66 Å². The van der Waals surface area contributed by atoms with Crippen molar-refractivity contribution in [1.29, 1.82) is 0 Å².